The lowest BCUT2D eigenvalue weighted by atomic mass is 9.89. The van der Waals surface area contributed by atoms with Gasteiger partial charge in [0, 0.05) is 17.4 Å². The number of halogens is 3. The molecule has 0 aliphatic heterocycles. The number of aromatic nitrogens is 3. The molecule has 0 saturated heterocycles. The highest BCUT2D eigenvalue weighted by molar-refractivity contribution is 7.89. The molecule has 0 aliphatic carbocycles. The van der Waals surface area contributed by atoms with E-state index in [1.807, 2.05) is 0 Å². The fraction of sp³-hybridized carbons (Fsp3) is 0.346. The number of rotatable bonds is 10. The summed E-state index contributed by atoms with van der Waals surface area (Å²) < 4.78 is 78.3. The van der Waals surface area contributed by atoms with E-state index in [4.69, 9.17) is 9.15 Å². The zero-order valence-corrected chi connectivity index (χ0v) is 23.9. The largest absolute Gasteiger partial charge is 0.469 e. The topological polar surface area (TPSA) is 141 Å². The fourth-order valence-corrected chi connectivity index (χ4v) is 6.68. The number of esters is 1. The summed E-state index contributed by atoms with van der Waals surface area (Å²) in [7, 11) is -3.30. The van der Waals surface area contributed by atoms with Crippen LogP contribution in [-0.2, 0) is 26.0 Å². The Labute approximate surface area is 237 Å². The van der Waals surface area contributed by atoms with Gasteiger partial charge in [0.15, 0.2) is 11.3 Å². The first-order valence-corrected chi connectivity index (χ1v) is 14.5. The van der Waals surface area contributed by atoms with E-state index in [0.29, 0.717) is 22.1 Å². The standard InChI is InChI=1S/C26H25F3N4O6S2/c1-5-19(26(27,28)29)33-41(36,37)18-11-10-16(14-8-6-7-9-15(14)18)21-17(13-34)30-23(40-21)22-32-31-20(39-22)12-25(2,3)24(35)38-4/h6-11,13,19,33H,5,12H2,1-4H3. The molecule has 1 unspecified atom stereocenters. The summed E-state index contributed by atoms with van der Waals surface area (Å²) in [4.78, 5) is 28.3. The second-order valence-electron chi connectivity index (χ2n) is 9.69. The summed E-state index contributed by atoms with van der Waals surface area (Å²) in [5, 5.41) is 8.69. The van der Waals surface area contributed by atoms with Crippen LogP contribution >= 0.6 is 11.3 Å². The van der Waals surface area contributed by atoms with Crippen molar-refractivity contribution in [1.82, 2.24) is 19.9 Å². The van der Waals surface area contributed by atoms with E-state index in [0.717, 1.165) is 11.3 Å². The Kier molecular flexibility index (Phi) is 8.34. The van der Waals surface area contributed by atoms with Gasteiger partial charge in [0.05, 0.1) is 22.3 Å². The van der Waals surface area contributed by atoms with E-state index in [2.05, 4.69) is 15.2 Å². The molecule has 2 aromatic carbocycles. The first-order valence-electron chi connectivity index (χ1n) is 12.2. The van der Waals surface area contributed by atoms with Crippen LogP contribution in [0.2, 0.25) is 0 Å². The number of aldehydes is 1. The number of thiazole rings is 1. The van der Waals surface area contributed by atoms with Crippen LogP contribution in [-0.4, -0.2) is 55.2 Å². The van der Waals surface area contributed by atoms with Crippen LogP contribution in [0.3, 0.4) is 0 Å². The molecule has 0 fully saturated rings. The average Bonchev–Trinajstić information content (AvgIpc) is 3.56. The SMILES string of the molecule is CCC(NS(=O)(=O)c1ccc(-c2sc(-c3nnc(CC(C)(C)C(=O)OC)o3)nc2C=O)c2ccccc12)C(F)(F)F. The number of methoxy groups -OCH3 is 1. The van der Waals surface area contributed by atoms with Crippen molar-refractivity contribution in [2.75, 3.05) is 7.11 Å². The van der Waals surface area contributed by atoms with Gasteiger partial charge in [-0.2, -0.15) is 17.9 Å². The van der Waals surface area contributed by atoms with Crippen LogP contribution in [0.1, 0.15) is 43.6 Å². The zero-order valence-electron chi connectivity index (χ0n) is 22.3. The molecule has 1 atom stereocenters. The van der Waals surface area contributed by atoms with E-state index < -0.39 is 40.0 Å². The molecule has 0 aliphatic rings. The number of carbonyl (C=O) groups excluding carboxylic acids is 2. The third-order valence-electron chi connectivity index (χ3n) is 6.26. The lowest BCUT2D eigenvalue weighted by Crippen LogP contribution is -2.44. The van der Waals surface area contributed by atoms with Crippen LogP contribution in [0.25, 0.3) is 32.1 Å². The Morgan fingerprint density at radius 1 is 1.15 bits per heavy atom. The van der Waals surface area contributed by atoms with Gasteiger partial charge in [-0.25, -0.2) is 13.4 Å². The van der Waals surface area contributed by atoms with Crippen molar-refractivity contribution in [3.63, 3.8) is 0 Å². The number of ether oxygens (including phenoxy) is 1. The molecular formula is C26H25F3N4O6S2. The Morgan fingerprint density at radius 2 is 1.83 bits per heavy atom. The van der Waals surface area contributed by atoms with Crippen molar-refractivity contribution in [3.8, 4) is 21.3 Å². The highest BCUT2D eigenvalue weighted by Crippen LogP contribution is 2.40. The van der Waals surface area contributed by atoms with Gasteiger partial charge < -0.3 is 9.15 Å². The number of benzene rings is 2. The van der Waals surface area contributed by atoms with Gasteiger partial charge in [-0.15, -0.1) is 21.5 Å². The highest BCUT2D eigenvalue weighted by atomic mass is 32.2. The fourth-order valence-electron chi connectivity index (χ4n) is 4.17. The lowest BCUT2D eigenvalue weighted by Gasteiger charge is -2.21. The maximum absolute atomic E-state index is 13.3. The zero-order chi connectivity index (χ0) is 30.2. The number of carbonyl (C=O) groups is 2. The average molecular weight is 611 g/mol. The summed E-state index contributed by atoms with van der Waals surface area (Å²) in [6.07, 6.45) is -4.64. The summed E-state index contributed by atoms with van der Waals surface area (Å²) in [5.41, 5.74) is -0.491. The van der Waals surface area contributed by atoms with Crippen LogP contribution in [0.4, 0.5) is 13.2 Å². The molecule has 1 N–H and O–H groups in total. The Morgan fingerprint density at radius 3 is 2.44 bits per heavy atom. The number of alkyl halides is 3. The van der Waals surface area contributed by atoms with Crippen molar-refractivity contribution >= 4 is 44.4 Å². The molecule has 2 aromatic heterocycles. The van der Waals surface area contributed by atoms with Crippen LogP contribution in [0.5, 0.6) is 0 Å². The van der Waals surface area contributed by atoms with Crippen molar-refractivity contribution in [2.24, 2.45) is 5.41 Å². The van der Waals surface area contributed by atoms with E-state index in [1.54, 1.807) is 36.8 Å². The number of fused-ring (bicyclic) bond motifs is 1. The molecule has 15 heteroatoms. The Hall–Kier alpha value is -3.69. The predicted molar refractivity (Wildman–Crippen MR) is 144 cm³/mol. The molecule has 0 radical (unpaired) electrons. The van der Waals surface area contributed by atoms with Crippen molar-refractivity contribution < 1.29 is 40.3 Å². The van der Waals surface area contributed by atoms with E-state index in [-0.39, 0.29) is 39.2 Å². The normalized spacial score (nSPS) is 13.3. The molecule has 0 bridgehead atoms. The molecule has 2 heterocycles. The van der Waals surface area contributed by atoms with Gasteiger partial charge >= 0.3 is 12.1 Å². The van der Waals surface area contributed by atoms with Gasteiger partial charge in [0.1, 0.15) is 11.7 Å². The van der Waals surface area contributed by atoms with Gasteiger partial charge in [-0.05, 0) is 31.7 Å². The monoisotopic (exact) mass is 610 g/mol. The van der Waals surface area contributed by atoms with Crippen LogP contribution < -0.4 is 4.72 Å². The number of nitrogens with zero attached hydrogens (tertiary/aromatic N) is 3. The quantitative estimate of drug-likeness (QED) is 0.190. The lowest BCUT2D eigenvalue weighted by molar-refractivity contribution is -0.152. The number of nitrogens with one attached hydrogen (secondary N) is 1. The van der Waals surface area contributed by atoms with E-state index in [1.165, 1.54) is 32.2 Å². The number of sulfonamides is 1. The van der Waals surface area contributed by atoms with Gasteiger partial charge in [-0.1, -0.05) is 37.3 Å². The minimum absolute atomic E-state index is 0.00507. The van der Waals surface area contributed by atoms with Crippen LogP contribution in [0, 0.1) is 5.41 Å². The van der Waals surface area contributed by atoms with Crippen molar-refractivity contribution in [1.29, 1.82) is 0 Å². The maximum Gasteiger partial charge on any atom is 0.404 e. The molecule has 4 rings (SSSR count). The van der Waals surface area contributed by atoms with Crippen molar-refractivity contribution in [3.05, 3.63) is 48.0 Å². The molecule has 218 valence electrons. The molecule has 41 heavy (non-hydrogen) atoms. The first-order chi connectivity index (χ1) is 19.2. The smallest absolute Gasteiger partial charge is 0.404 e. The third-order valence-corrected chi connectivity index (χ3v) is 8.89. The number of hydrogen-bond donors (Lipinski definition) is 1. The second-order valence-corrected chi connectivity index (χ2v) is 12.4. The van der Waals surface area contributed by atoms with Gasteiger partial charge in [-0.3, -0.25) is 9.59 Å². The molecule has 10 nitrogen and oxygen atoms in total. The summed E-state index contributed by atoms with van der Waals surface area (Å²) in [5.74, 6) is -0.310. The predicted octanol–water partition coefficient (Wildman–Crippen LogP) is 5.19. The number of hydrogen-bond acceptors (Lipinski definition) is 10. The van der Waals surface area contributed by atoms with Gasteiger partial charge in [0.2, 0.25) is 15.9 Å². The van der Waals surface area contributed by atoms with E-state index >= 15 is 0 Å². The summed E-state index contributed by atoms with van der Waals surface area (Å²) >= 11 is 1.03. The van der Waals surface area contributed by atoms with Crippen LogP contribution in [0.15, 0.2) is 45.7 Å². The second kappa shape index (κ2) is 11.3. The Bertz CT molecular complexity index is 1710. The molecule has 0 saturated carbocycles. The minimum atomic E-state index is -4.76. The van der Waals surface area contributed by atoms with Gasteiger partial charge in [0.25, 0.3) is 5.89 Å². The summed E-state index contributed by atoms with van der Waals surface area (Å²) in [6, 6.07) is 6.60. The molecule has 0 spiro atoms. The minimum Gasteiger partial charge on any atom is -0.469 e. The van der Waals surface area contributed by atoms with E-state index in [9.17, 15) is 31.2 Å². The third kappa shape index (κ3) is 6.16. The Balaban J connectivity index is 1.75. The van der Waals surface area contributed by atoms with Crippen molar-refractivity contribution in [2.45, 2.75) is 50.7 Å². The molecule has 4 aromatic rings. The summed E-state index contributed by atoms with van der Waals surface area (Å²) in [6.45, 7) is 4.55. The highest BCUT2D eigenvalue weighted by Gasteiger charge is 2.41. The molecular weight excluding hydrogens is 585 g/mol. The molecule has 0 amide bonds. The maximum atomic E-state index is 13.3. The first kappa shape index (κ1) is 30.3.